The molecule has 0 fully saturated rings. The normalized spacial score (nSPS) is 11.9. The summed E-state index contributed by atoms with van der Waals surface area (Å²) in [5.41, 5.74) is 3.89. The van der Waals surface area contributed by atoms with Gasteiger partial charge < -0.3 is 5.32 Å². The van der Waals surface area contributed by atoms with Crippen molar-refractivity contribution in [3.63, 3.8) is 0 Å². The van der Waals surface area contributed by atoms with Crippen molar-refractivity contribution in [2.45, 2.75) is 20.3 Å². The van der Waals surface area contributed by atoms with Crippen LogP contribution in [0.3, 0.4) is 0 Å². The lowest BCUT2D eigenvalue weighted by atomic mass is 10.0. The van der Waals surface area contributed by atoms with E-state index in [0.717, 1.165) is 18.0 Å². The Morgan fingerprint density at radius 1 is 1.47 bits per heavy atom. The van der Waals surface area contributed by atoms with E-state index >= 15 is 0 Å². The highest BCUT2D eigenvalue weighted by Crippen LogP contribution is 2.18. The van der Waals surface area contributed by atoms with E-state index in [2.05, 4.69) is 31.3 Å². The molecule has 1 N–H and O–H groups in total. The van der Waals surface area contributed by atoms with Crippen molar-refractivity contribution in [1.82, 2.24) is 5.32 Å². The molecule has 0 aliphatic heterocycles. The molecule has 1 rings (SSSR count). The molecule has 0 atom stereocenters. The standard InChI is InChI=1S/C13H18ClN/c1-4-11(9-15-3)8-12-5-6-13(14)7-10(12)2/h5-8,15H,4,9H2,1-3H3/b11-8-. The van der Waals surface area contributed by atoms with Gasteiger partial charge in [0, 0.05) is 11.6 Å². The summed E-state index contributed by atoms with van der Waals surface area (Å²) < 4.78 is 0. The molecule has 1 aromatic rings. The van der Waals surface area contributed by atoms with Gasteiger partial charge in [-0.3, -0.25) is 0 Å². The fraction of sp³-hybridized carbons (Fsp3) is 0.385. The quantitative estimate of drug-likeness (QED) is 0.822. The summed E-state index contributed by atoms with van der Waals surface area (Å²) >= 11 is 5.92. The minimum Gasteiger partial charge on any atom is -0.316 e. The molecule has 0 amide bonds. The zero-order chi connectivity index (χ0) is 11.3. The number of rotatable bonds is 4. The molecule has 0 spiro atoms. The van der Waals surface area contributed by atoms with Crippen molar-refractivity contribution in [2.75, 3.05) is 13.6 Å². The van der Waals surface area contributed by atoms with E-state index in [-0.39, 0.29) is 0 Å². The molecule has 0 aliphatic carbocycles. The molecular formula is C13H18ClN. The molecule has 82 valence electrons. The number of hydrogen-bond donors (Lipinski definition) is 1. The van der Waals surface area contributed by atoms with Gasteiger partial charge in [-0.2, -0.15) is 0 Å². The molecule has 0 aliphatic rings. The van der Waals surface area contributed by atoms with E-state index in [1.165, 1.54) is 16.7 Å². The van der Waals surface area contributed by atoms with Crippen LogP contribution in [0.1, 0.15) is 24.5 Å². The molecule has 1 nitrogen and oxygen atoms in total. The summed E-state index contributed by atoms with van der Waals surface area (Å²) in [6, 6.07) is 6.01. The monoisotopic (exact) mass is 223 g/mol. The molecule has 0 aromatic heterocycles. The van der Waals surface area contributed by atoms with Crippen LogP contribution in [0, 0.1) is 6.92 Å². The largest absolute Gasteiger partial charge is 0.316 e. The second kappa shape index (κ2) is 5.94. The Morgan fingerprint density at radius 3 is 2.73 bits per heavy atom. The first kappa shape index (κ1) is 12.3. The van der Waals surface area contributed by atoms with Crippen molar-refractivity contribution in [2.24, 2.45) is 0 Å². The summed E-state index contributed by atoms with van der Waals surface area (Å²) in [6.07, 6.45) is 3.31. The third kappa shape index (κ3) is 3.69. The van der Waals surface area contributed by atoms with E-state index in [1.54, 1.807) is 0 Å². The second-order valence-electron chi connectivity index (χ2n) is 3.69. The lowest BCUT2D eigenvalue weighted by Crippen LogP contribution is -2.09. The number of hydrogen-bond acceptors (Lipinski definition) is 1. The molecule has 0 unspecified atom stereocenters. The highest BCUT2D eigenvalue weighted by Gasteiger charge is 1.98. The van der Waals surface area contributed by atoms with Gasteiger partial charge in [0.2, 0.25) is 0 Å². The van der Waals surface area contributed by atoms with Crippen LogP contribution < -0.4 is 5.32 Å². The van der Waals surface area contributed by atoms with Gasteiger partial charge in [0.25, 0.3) is 0 Å². The molecule has 0 bridgehead atoms. The Hall–Kier alpha value is -0.790. The highest BCUT2D eigenvalue weighted by molar-refractivity contribution is 6.30. The molecule has 0 saturated carbocycles. The third-order valence-corrected chi connectivity index (χ3v) is 2.68. The van der Waals surface area contributed by atoms with Crippen LogP contribution in [-0.4, -0.2) is 13.6 Å². The lowest BCUT2D eigenvalue weighted by Gasteiger charge is -2.06. The van der Waals surface area contributed by atoms with Crippen molar-refractivity contribution < 1.29 is 0 Å². The van der Waals surface area contributed by atoms with E-state index in [1.807, 2.05) is 19.2 Å². The van der Waals surface area contributed by atoms with E-state index in [9.17, 15) is 0 Å². The molecule has 0 saturated heterocycles. The van der Waals surface area contributed by atoms with Gasteiger partial charge in [0.1, 0.15) is 0 Å². The Bertz CT molecular complexity index is 356. The Kier molecular flexibility index (Phi) is 4.86. The first-order chi connectivity index (χ1) is 7.17. The maximum atomic E-state index is 5.92. The number of nitrogens with one attached hydrogen (secondary N) is 1. The molecule has 2 heteroatoms. The van der Waals surface area contributed by atoms with Crippen molar-refractivity contribution >= 4 is 17.7 Å². The Labute approximate surface area is 97.1 Å². The topological polar surface area (TPSA) is 12.0 Å². The maximum absolute atomic E-state index is 5.92. The van der Waals surface area contributed by atoms with Gasteiger partial charge in [-0.15, -0.1) is 0 Å². The zero-order valence-electron chi connectivity index (χ0n) is 9.60. The first-order valence-corrected chi connectivity index (χ1v) is 5.65. The minimum absolute atomic E-state index is 0.802. The average molecular weight is 224 g/mol. The summed E-state index contributed by atoms with van der Waals surface area (Å²) in [6.45, 7) is 5.21. The lowest BCUT2D eigenvalue weighted by molar-refractivity contribution is 0.851. The van der Waals surface area contributed by atoms with E-state index in [0.29, 0.717) is 0 Å². The van der Waals surface area contributed by atoms with Crippen LogP contribution in [-0.2, 0) is 0 Å². The van der Waals surface area contributed by atoms with Gasteiger partial charge in [-0.1, -0.05) is 36.2 Å². The Morgan fingerprint density at radius 2 is 2.20 bits per heavy atom. The second-order valence-corrected chi connectivity index (χ2v) is 4.12. The van der Waals surface area contributed by atoms with E-state index < -0.39 is 0 Å². The van der Waals surface area contributed by atoms with Crippen LogP contribution in [0.4, 0.5) is 0 Å². The molecular weight excluding hydrogens is 206 g/mol. The van der Waals surface area contributed by atoms with Crippen molar-refractivity contribution in [1.29, 1.82) is 0 Å². The molecule has 0 heterocycles. The van der Waals surface area contributed by atoms with Gasteiger partial charge in [0.15, 0.2) is 0 Å². The average Bonchev–Trinajstić information content (AvgIpc) is 2.21. The first-order valence-electron chi connectivity index (χ1n) is 5.27. The highest BCUT2D eigenvalue weighted by atomic mass is 35.5. The van der Waals surface area contributed by atoms with Gasteiger partial charge in [-0.25, -0.2) is 0 Å². The predicted molar refractivity (Wildman–Crippen MR) is 68.4 cm³/mol. The van der Waals surface area contributed by atoms with Gasteiger partial charge >= 0.3 is 0 Å². The number of halogens is 1. The number of aryl methyl sites for hydroxylation is 1. The third-order valence-electron chi connectivity index (χ3n) is 2.45. The van der Waals surface area contributed by atoms with Crippen LogP contribution in [0.2, 0.25) is 5.02 Å². The van der Waals surface area contributed by atoms with Crippen LogP contribution in [0.15, 0.2) is 23.8 Å². The molecule has 1 aromatic carbocycles. The summed E-state index contributed by atoms with van der Waals surface area (Å²) in [4.78, 5) is 0. The van der Waals surface area contributed by atoms with E-state index in [4.69, 9.17) is 11.6 Å². The predicted octanol–water partition coefficient (Wildman–Crippen LogP) is 3.66. The van der Waals surface area contributed by atoms with Crippen LogP contribution in [0.5, 0.6) is 0 Å². The number of benzene rings is 1. The Balaban J connectivity index is 2.95. The molecule has 15 heavy (non-hydrogen) atoms. The summed E-state index contributed by atoms with van der Waals surface area (Å²) in [5, 5.41) is 3.98. The SMILES string of the molecule is CC/C(=C/c1ccc(Cl)cc1C)CNC. The van der Waals surface area contributed by atoms with Crippen molar-refractivity contribution in [3.8, 4) is 0 Å². The summed E-state index contributed by atoms with van der Waals surface area (Å²) in [7, 11) is 1.97. The smallest absolute Gasteiger partial charge is 0.0409 e. The fourth-order valence-electron chi connectivity index (χ4n) is 1.53. The van der Waals surface area contributed by atoms with Gasteiger partial charge in [0.05, 0.1) is 0 Å². The maximum Gasteiger partial charge on any atom is 0.0409 e. The van der Waals surface area contributed by atoms with Crippen LogP contribution >= 0.6 is 11.6 Å². The fourth-order valence-corrected chi connectivity index (χ4v) is 1.75. The minimum atomic E-state index is 0.802. The summed E-state index contributed by atoms with van der Waals surface area (Å²) in [5.74, 6) is 0. The number of likely N-dealkylation sites (N-methyl/N-ethyl adjacent to an activating group) is 1. The van der Waals surface area contributed by atoms with Crippen LogP contribution in [0.25, 0.3) is 6.08 Å². The molecule has 0 radical (unpaired) electrons. The van der Waals surface area contributed by atoms with Gasteiger partial charge in [-0.05, 0) is 43.7 Å². The van der Waals surface area contributed by atoms with Crippen molar-refractivity contribution in [3.05, 3.63) is 39.9 Å². The zero-order valence-corrected chi connectivity index (χ0v) is 10.4.